The van der Waals surface area contributed by atoms with Crippen LogP contribution >= 0.6 is 11.3 Å². The molecule has 0 bridgehead atoms. The summed E-state index contributed by atoms with van der Waals surface area (Å²) in [7, 11) is 1.69. The van der Waals surface area contributed by atoms with Crippen molar-refractivity contribution >= 4 is 11.3 Å². The predicted molar refractivity (Wildman–Crippen MR) is 71.6 cm³/mol. The van der Waals surface area contributed by atoms with Crippen LogP contribution in [0.25, 0.3) is 10.4 Å². The SMILES string of the molecule is COc1ccccc1-c1sc(CCN)nc1C. The molecule has 0 amide bonds. The molecule has 0 radical (unpaired) electrons. The van der Waals surface area contributed by atoms with Gasteiger partial charge in [-0.2, -0.15) is 0 Å². The van der Waals surface area contributed by atoms with Gasteiger partial charge in [0.2, 0.25) is 0 Å². The van der Waals surface area contributed by atoms with Gasteiger partial charge < -0.3 is 10.5 Å². The van der Waals surface area contributed by atoms with Crippen molar-refractivity contribution in [2.24, 2.45) is 5.73 Å². The standard InChI is InChI=1S/C13H16N2OS/c1-9-13(17-12(15-9)7-8-14)10-5-3-4-6-11(10)16-2/h3-6H,7-8,14H2,1-2H3. The van der Waals surface area contributed by atoms with E-state index in [2.05, 4.69) is 11.1 Å². The van der Waals surface area contributed by atoms with E-state index in [9.17, 15) is 0 Å². The molecule has 2 aromatic rings. The summed E-state index contributed by atoms with van der Waals surface area (Å²) in [5, 5.41) is 1.09. The minimum Gasteiger partial charge on any atom is -0.496 e. The monoisotopic (exact) mass is 248 g/mol. The number of benzene rings is 1. The third kappa shape index (κ3) is 2.48. The van der Waals surface area contributed by atoms with E-state index in [0.29, 0.717) is 6.54 Å². The maximum atomic E-state index is 5.56. The summed E-state index contributed by atoms with van der Waals surface area (Å²) in [4.78, 5) is 5.71. The topological polar surface area (TPSA) is 48.1 Å². The Hall–Kier alpha value is -1.39. The van der Waals surface area contributed by atoms with Crippen LogP contribution in [0.3, 0.4) is 0 Å². The molecule has 0 saturated heterocycles. The Balaban J connectivity index is 2.45. The minimum absolute atomic E-state index is 0.637. The van der Waals surface area contributed by atoms with Crippen molar-refractivity contribution < 1.29 is 4.74 Å². The lowest BCUT2D eigenvalue weighted by Gasteiger charge is -2.06. The van der Waals surface area contributed by atoms with Gasteiger partial charge >= 0.3 is 0 Å². The van der Waals surface area contributed by atoms with Crippen molar-refractivity contribution in [2.75, 3.05) is 13.7 Å². The Morgan fingerprint density at radius 1 is 1.35 bits per heavy atom. The zero-order chi connectivity index (χ0) is 12.3. The molecule has 3 nitrogen and oxygen atoms in total. The van der Waals surface area contributed by atoms with Gasteiger partial charge in [-0.05, 0) is 25.6 Å². The number of methoxy groups -OCH3 is 1. The maximum Gasteiger partial charge on any atom is 0.127 e. The fourth-order valence-corrected chi connectivity index (χ4v) is 2.87. The molecule has 17 heavy (non-hydrogen) atoms. The molecule has 0 spiro atoms. The molecule has 2 N–H and O–H groups in total. The third-order valence-corrected chi connectivity index (χ3v) is 3.80. The van der Waals surface area contributed by atoms with Gasteiger partial charge in [-0.25, -0.2) is 4.98 Å². The number of ether oxygens (including phenoxy) is 1. The molecule has 0 atom stereocenters. The Kier molecular flexibility index (Phi) is 3.76. The van der Waals surface area contributed by atoms with Crippen LogP contribution < -0.4 is 10.5 Å². The summed E-state index contributed by atoms with van der Waals surface area (Å²) in [6, 6.07) is 8.02. The number of rotatable bonds is 4. The molecule has 90 valence electrons. The van der Waals surface area contributed by atoms with Crippen molar-refractivity contribution in [1.29, 1.82) is 0 Å². The lowest BCUT2D eigenvalue weighted by Crippen LogP contribution is -2.01. The number of thiazole rings is 1. The summed E-state index contributed by atoms with van der Waals surface area (Å²) in [6.45, 7) is 2.66. The molecule has 1 heterocycles. The van der Waals surface area contributed by atoms with Crippen LogP contribution in [-0.2, 0) is 6.42 Å². The summed E-state index contributed by atoms with van der Waals surface area (Å²) < 4.78 is 5.38. The number of hydrogen-bond acceptors (Lipinski definition) is 4. The summed E-state index contributed by atoms with van der Waals surface area (Å²) in [6.07, 6.45) is 0.834. The zero-order valence-corrected chi connectivity index (χ0v) is 10.9. The molecule has 0 aliphatic rings. The van der Waals surface area contributed by atoms with Crippen LogP contribution in [0.1, 0.15) is 10.7 Å². The van der Waals surface area contributed by atoms with Crippen LogP contribution in [0.4, 0.5) is 0 Å². The highest BCUT2D eigenvalue weighted by atomic mass is 32.1. The number of nitrogens with zero attached hydrogens (tertiary/aromatic N) is 1. The highest BCUT2D eigenvalue weighted by Gasteiger charge is 2.12. The Morgan fingerprint density at radius 2 is 2.12 bits per heavy atom. The van der Waals surface area contributed by atoms with E-state index in [-0.39, 0.29) is 0 Å². The summed E-state index contributed by atoms with van der Waals surface area (Å²) in [5.74, 6) is 0.888. The van der Waals surface area contributed by atoms with Gasteiger partial charge in [-0.15, -0.1) is 11.3 Å². The van der Waals surface area contributed by atoms with Crippen LogP contribution in [0.2, 0.25) is 0 Å². The minimum atomic E-state index is 0.637. The third-order valence-electron chi connectivity index (χ3n) is 2.55. The molecule has 1 aromatic heterocycles. The molecule has 4 heteroatoms. The second-order valence-electron chi connectivity index (χ2n) is 3.76. The number of nitrogens with two attached hydrogens (primary N) is 1. The van der Waals surface area contributed by atoms with Gasteiger partial charge in [0, 0.05) is 12.0 Å². The molecule has 0 aliphatic carbocycles. The molecular formula is C13H16N2OS. The predicted octanol–water partition coefficient (Wildman–Crippen LogP) is 2.63. The average molecular weight is 248 g/mol. The first-order chi connectivity index (χ1) is 8.26. The van der Waals surface area contributed by atoms with Crippen molar-refractivity contribution in [3.63, 3.8) is 0 Å². The van der Waals surface area contributed by atoms with E-state index in [4.69, 9.17) is 10.5 Å². The van der Waals surface area contributed by atoms with E-state index in [1.165, 1.54) is 4.88 Å². The molecule has 0 aliphatic heterocycles. The summed E-state index contributed by atoms with van der Waals surface area (Å²) in [5.41, 5.74) is 7.71. The first-order valence-corrected chi connectivity index (χ1v) is 6.37. The molecule has 1 aromatic carbocycles. The van der Waals surface area contributed by atoms with E-state index >= 15 is 0 Å². The summed E-state index contributed by atoms with van der Waals surface area (Å²) >= 11 is 1.70. The molecule has 0 fully saturated rings. The van der Waals surface area contributed by atoms with Gasteiger partial charge in [0.05, 0.1) is 22.7 Å². The molecule has 2 rings (SSSR count). The van der Waals surface area contributed by atoms with Crippen molar-refractivity contribution in [3.8, 4) is 16.2 Å². The molecule has 0 unspecified atom stereocenters. The van der Waals surface area contributed by atoms with Gasteiger partial charge in [-0.1, -0.05) is 12.1 Å². The Morgan fingerprint density at radius 3 is 2.82 bits per heavy atom. The lowest BCUT2D eigenvalue weighted by atomic mass is 10.1. The van der Waals surface area contributed by atoms with Crippen LogP contribution in [0.5, 0.6) is 5.75 Å². The van der Waals surface area contributed by atoms with E-state index in [1.807, 2.05) is 25.1 Å². The Labute approximate surface area is 105 Å². The lowest BCUT2D eigenvalue weighted by molar-refractivity contribution is 0.416. The number of hydrogen-bond donors (Lipinski definition) is 1. The van der Waals surface area contributed by atoms with E-state index in [0.717, 1.165) is 28.4 Å². The zero-order valence-electron chi connectivity index (χ0n) is 10.1. The van der Waals surface area contributed by atoms with Crippen molar-refractivity contribution in [3.05, 3.63) is 35.0 Å². The number of para-hydroxylation sites is 1. The molecule has 0 saturated carbocycles. The maximum absolute atomic E-state index is 5.56. The fourth-order valence-electron chi connectivity index (χ4n) is 1.76. The largest absolute Gasteiger partial charge is 0.496 e. The smallest absolute Gasteiger partial charge is 0.127 e. The van der Waals surface area contributed by atoms with Gasteiger partial charge in [0.25, 0.3) is 0 Å². The normalized spacial score (nSPS) is 10.5. The number of aryl methyl sites for hydroxylation is 1. The first kappa shape index (κ1) is 12.1. The van der Waals surface area contributed by atoms with Crippen molar-refractivity contribution in [2.45, 2.75) is 13.3 Å². The second kappa shape index (κ2) is 5.29. The van der Waals surface area contributed by atoms with Crippen LogP contribution in [0.15, 0.2) is 24.3 Å². The van der Waals surface area contributed by atoms with Gasteiger partial charge in [0.15, 0.2) is 0 Å². The second-order valence-corrected chi connectivity index (χ2v) is 4.84. The van der Waals surface area contributed by atoms with E-state index in [1.54, 1.807) is 18.4 Å². The molecular weight excluding hydrogens is 232 g/mol. The van der Waals surface area contributed by atoms with E-state index < -0.39 is 0 Å². The Bertz CT molecular complexity index is 508. The highest BCUT2D eigenvalue weighted by Crippen LogP contribution is 2.36. The first-order valence-electron chi connectivity index (χ1n) is 5.56. The van der Waals surface area contributed by atoms with Gasteiger partial charge in [0.1, 0.15) is 5.75 Å². The fraction of sp³-hybridized carbons (Fsp3) is 0.308. The van der Waals surface area contributed by atoms with Gasteiger partial charge in [-0.3, -0.25) is 0 Å². The number of aromatic nitrogens is 1. The van der Waals surface area contributed by atoms with Crippen molar-refractivity contribution in [1.82, 2.24) is 4.98 Å². The quantitative estimate of drug-likeness (QED) is 0.904. The van der Waals surface area contributed by atoms with Crippen LogP contribution in [0, 0.1) is 6.92 Å². The van der Waals surface area contributed by atoms with Crippen LogP contribution in [-0.4, -0.2) is 18.6 Å². The highest BCUT2D eigenvalue weighted by molar-refractivity contribution is 7.15. The average Bonchev–Trinajstić information content (AvgIpc) is 2.70.